The van der Waals surface area contributed by atoms with Crippen molar-refractivity contribution in [1.29, 1.82) is 0 Å². The summed E-state index contributed by atoms with van der Waals surface area (Å²) in [6, 6.07) is 2.30. The Hall–Kier alpha value is -1.10. The van der Waals surface area contributed by atoms with E-state index in [-0.39, 0.29) is 11.5 Å². The maximum atomic E-state index is 13.4. The van der Waals surface area contributed by atoms with Crippen molar-refractivity contribution in [1.82, 2.24) is 5.32 Å². The minimum absolute atomic E-state index is 0.0342. The summed E-state index contributed by atoms with van der Waals surface area (Å²) in [6.07, 6.45) is 0.507. The maximum absolute atomic E-state index is 13.4. The lowest BCUT2D eigenvalue weighted by atomic mass is 9.80. The van der Waals surface area contributed by atoms with Crippen LogP contribution in [0.4, 0.5) is 17.6 Å². The van der Waals surface area contributed by atoms with E-state index in [9.17, 15) is 17.6 Å². The maximum Gasteiger partial charge on any atom is 0.416 e. The van der Waals surface area contributed by atoms with E-state index in [0.29, 0.717) is 0 Å². The van der Waals surface area contributed by atoms with E-state index in [1.807, 2.05) is 0 Å². The average Bonchev–Trinajstić information content (AvgIpc) is 2.39. The Labute approximate surface area is 116 Å². The van der Waals surface area contributed by atoms with E-state index in [4.69, 9.17) is 0 Å². The lowest BCUT2D eigenvalue weighted by molar-refractivity contribution is -0.138. The summed E-state index contributed by atoms with van der Waals surface area (Å²) >= 11 is 0. The Balaban J connectivity index is 2.39. The molecule has 1 aliphatic rings. The first kappa shape index (κ1) is 15.3. The van der Waals surface area contributed by atoms with Crippen molar-refractivity contribution in [3.8, 4) is 0 Å². The molecule has 0 spiro atoms. The zero-order valence-corrected chi connectivity index (χ0v) is 11.4. The Morgan fingerprint density at radius 1 is 1.15 bits per heavy atom. The summed E-state index contributed by atoms with van der Waals surface area (Å²) in [6.45, 7) is 0. The predicted molar refractivity (Wildman–Crippen MR) is 69.8 cm³/mol. The molecule has 0 radical (unpaired) electrons. The molecule has 0 aromatic heterocycles. The van der Waals surface area contributed by atoms with Crippen LogP contribution in [0.25, 0.3) is 0 Å². The van der Waals surface area contributed by atoms with E-state index in [1.165, 1.54) is 0 Å². The Bertz CT molecular complexity index is 450. The molecule has 1 atom stereocenters. The number of benzene rings is 1. The lowest BCUT2D eigenvalue weighted by Crippen LogP contribution is -2.29. The molecule has 1 unspecified atom stereocenters. The monoisotopic (exact) mass is 289 g/mol. The van der Waals surface area contributed by atoms with Crippen LogP contribution in [0.5, 0.6) is 0 Å². The van der Waals surface area contributed by atoms with E-state index < -0.39 is 23.6 Å². The zero-order valence-electron chi connectivity index (χ0n) is 11.4. The number of hydrogen-bond donors (Lipinski definition) is 1. The minimum Gasteiger partial charge on any atom is -0.313 e. The third-order valence-electron chi connectivity index (χ3n) is 4.09. The fourth-order valence-corrected chi connectivity index (χ4v) is 3.16. The molecule has 112 valence electrons. The molecule has 1 fully saturated rings. The van der Waals surface area contributed by atoms with E-state index in [0.717, 1.165) is 50.3 Å². The fraction of sp³-hybridized carbons (Fsp3) is 0.600. The molecule has 1 aliphatic carbocycles. The van der Waals surface area contributed by atoms with Crippen LogP contribution in [0, 0.1) is 11.7 Å². The summed E-state index contributed by atoms with van der Waals surface area (Å²) < 4.78 is 52.7. The molecular weight excluding hydrogens is 270 g/mol. The molecule has 0 amide bonds. The highest BCUT2D eigenvalue weighted by Gasteiger charge is 2.37. The number of nitrogens with one attached hydrogen (secondary N) is 1. The van der Waals surface area contributed by atoms with E-state index >= 15 is 0 Å². The van der Waals surface area contributed by atoms with Gasteiger partial charge in [-0.3, -0.25) is 0 Å². The highest BCUT2D eigenvalue weighted by atomic mass is 19.4. The minimum atomic E-state index is -4.45. The van der Waals surface area contributed by atoms with Gasteiger partial charge in [0.15, 0.2) is 0 Å². The van der Waals surface area contributed by atoms with Gasteiger partial charge in [-0.2, -0.15) is 13.2 Å². The van der Waals surface area contributed by atoms with Crippen LogP contribution in [0.15, 0.2) is 18.2 Å². The fourth-order valence-electron chi connectivity index (χ4n) is 3.16. The summed E-state index contributed by atoms with van der Waals surface area (Å²) in [5, 5.41) is 2.96. The average molecular weight is 289 g/mol. The first-order valence-corrected chi connectivity index (χ1v) is 6.97. The Morgan fingerprint density at radius 3 is 2.35 bits per heavy atom. The number of halogens is 4. The standard InChI is InChI=1S/C15H19F4N/c1-20-14(10-5-3-2-4-6-10)12-9-11(16)7-8-13(12)15(17,18)19/h7-10,14,20H,2-6H2,1H3. The van der Waals surface area contributed by atoms with Crippen LogP contribution in [0.2, 0.25) is 0 Å². The second kappa shape index (κ2) is 6.12. The van der Waals surface area contributed by atoms with Gasteiger partial charge in [0.1, 0.15) is 5.82 Å². The van der Waals surface area contributed by atoms with Crippen molar-refractivity contribution in [3.05, 3.63) is 35.1 Å². The molecule has 1 nitrogen and oxygen atoms in total. The van der Waals surface area contributed by atoms with Gasteiger partial charge in [-0.05, 0) is 49.6 Å². The van der Waals surface area contributed by atoms with Crippen molar-refractivity contribution in [2.75, 3.05) is 7.05 Å². The van der Waals surface area contributed by atoms with E-state index in [1.54, 1.807) is 7.05 Å². The molecule has 2 rings (SSSR count). The van der Waals surface area contributed by atoms with Crippen molar-refractivity contribution in [2.45, 2.75) is 44.3 Å². The SMILES string of the molecule is CNC(c1cc(F)ccc1C(F)(F)F)C1CCCCC1. The first-order valence-electron chi connectivity index (χ1n) is 6.97. The van der Waals surface area contributed by atoms with Crippen LogP contribution < -0.4 is 5.32 Å². The van der Waals surface area contributed by atoms with Gasteiger partial charge in [0.25, 0.3) is 0 Å². The Morgan fingerprint density at radius 2 is 1.80 bits per heavy atom. The zero-order chi connectivity index (χ0) is 14.8. The van der Waals surface area contributed by atoms with Crippen molar-refractivity contribution in [2.24, 2.45) is 5.92 Å². The molecule has 5 heteroatoms. The molecular formula is C15H19F4N. The molecule has 20 heavy (non-hydrogen) atoms. The molecule has 1 aromatic carbocycles. The topological polar surface area (TPSA) is 12.0 Å². The Kier molecular flexibility index (Phi) is 4.68. The van der Waals surface area contributed by atoms with Gasteiger partial charge in [-0.25, -0.2) is 4.39 Å². The van der Waals surface area contributed by atoms with Gasteiger partial charge in [-0.1, -0.05) is 19.3 Å². The lowest BCUT2D eigenvalue weighted by Gasteiger charge is -2.32. The van der Waals surface area contributed by atoms with Gasteiger partial charge < -0.3 is 5.32 Å². The summed E-state index contributed by atoms with van der Waals surface area (Å²) in [5.41, 5.74) is -0.698. The van der Waals surface area contributed by atoms with Gasteiger partial charge >= 0.3 is 6.18 Å². The van der Waals surface area contributed by atoms with Crippen molar-refractivity contribution < 1.29 is 17.6 Å². The largest absolute Gasteiger partial charge is 0.416 e. The summed E-state index contributed by atoms with van der Waals surface area (Å²) in [7, 11) is 1.64. The second-order valence-electron chi connectivity index (χ2n) is 5.39. The number of rotatable bonds is 3. The van der Waals surface area contributed by atoms with Crippen LogP contribution in [0.1, 0.15) is 49.3 Å². The highest BCUT2D eigenvalue weighted by molar-refractivity contribution is 5.33. The van der Waals surface area contributed by atoms with Gasteiger partial charge in [0, 0.05) is 6.04 Å². The van der Waals surface area contributed by atoms with Gasteiger partial charge in [0.2, 0.25) is 0 Å². The smallest absolute Gasteiger partial charge is 0.313 e. The third-order valence-corrected chi connectivity index (χ3v) is 4.09. The van der Waals surface area contributed by atoms with E-state index in [2.05, 4.69) is 5.32 Å². The number of hydrogen-bond acceptors (Lipinski definition) is 1. The molecule has 1 N–H and O–H groups in total. The highest BCUT2D eigenvalue weighted by Crippen LogP contribution is 2.40. The molecule has 0 saturated heterocycles. The van der Waals surface area contributed by atoms with Crippen LogP contribution >= 0.6 is 0 Å². The molecule has 1 aromatic rings. The van der Waals surface area contributed by atoms with Crippen LogP contribution in [-0.2, 0) is 6.18 Å². The summed E-state index contributed by atoms with van der Waals surface area (Å²) in [5.74, 6) is -0.485. The number of alkyl halides is 3. The molecule has 0 heterocycles. The van der Waals surface area contributed by atoms with Crippen molar-refractivity contribution in [3.63, 3.8) is 0 Å². The first-order chi connectivity index (χ1) is 9.43. The van der Waals surface area contributed by atoms with Gasteiger partial charge in [0.05, 0.1) is 5.56 Å². The predicted octanol–water partition coefficient (Wildman–Crippen LogP) is 4.69. The third kappa shape index (κ3) is 3.32. The quantitative estimate of drug-likeness (QED) is 0.796. The molecule has 1 saturated carbocycles. The normalized spacial score (nSPS) is 19.1. The van der Waals surface area contributed by atoms with Crippen LogP contribution in [0.3, 0.4) is 0 Å². The molecule has 0 bridgehead atoms. The van der Waals surface area contributed by atoms with Gasteiger partial charge in [-0.15, -0.1) is 0 Å². The second-order valence-corrected chi connectivity index (χ2v) is 5.39. The van der Waals surface area contributed by atoms with Crippen molar-refractivity contribution >= 4 is 0 Å². The van der Waals surface area contributed by atoms with Crippen LogP contribution in [-0.4, -0.2) is 7.05 Å². The summed E-state index contributed by atoms with van der Waals surface area (Å²) in [4.78, 5) is 0. The molecule has 0 aliphatic heterocycles.